The van der Waals surface area contributed by atoms with Crippen LogP contribution in [0.25, 0.3) is 0 Å². The number of rotatable bonds is 2. The van der Waals surface area contributed by atoms with E-state index in [1.807, 2.05) is 0 Å². The Hall–Kier alpha value is -1.49. The molecule has 0 saturated heterocycles. The van der Waals surface area contributed by atoms with Crippen molar-refractivity contribution < 1.29 is 18.0 Å². The normalized spacial score (nSPS) is 20.5. The van der Waals surface area contributed by atoms with Crippen molar-refractivity contribution in [2.75, 3.05) is 0 Å². The molecule has 1 aromatic rings. The molecule has 0 heterocycles. The summed E-state index contributed by atoms with van der Waals surface area (Å²) in [6.07, 6.45) is 0.241. The van der Waals surface area contributed by atoms with Crippen molar-refractivity contribution in [3.63, 3.8) is 0 Å². The van der Waals surface area contributed by atoms with Crippen molar-refractivity contribution in [2.45, 2.75) is 36.8 Å². The van der Waals surface area contributed by atoms with E-state index in [9.17, 15) is 18.0 Å². The number of hydrogen-bond acceptors (Lipinski definition) is 4. The highest BCUT2D eigenvalue weighted by atomic mass is 32.2. The minimum Gasteiger partial charge on any atom is -0.298 e. The zero-order valence-electron chi connectivity index (χ0n) is 10.9. The third kappa shape index (κ3) is 2.61. The van der Waals surface area contributed by atoms with Gasteiger partial charge in [0.1, 0.15) is 0 Å². The smallest absolute Gasteiger partial charge is 0.195 e. The van der Waals surface area contributed by atoms with Crippen LogP contribution in [-0.2, 0) is 19.4 Å². The molecular formula is C14H16O4S. The molecule has 5 heteroatoms. The zero-order valence-corrected chi connectivity index (χ0v) is 11.7. The van der Waals surface area contributed by atoms with E-state index in [1.54, 1.807) is 32.0 Å². The van der Waals surface area contributed by atoms with Gasteiger partial charge in [0.15, 0.2) is 26.7 Å². The van der Waals surface area contributed by atoms with Crippen LogP contribution in [0.5, 0.6) is 0 Å². The Morgan fingerprint density at radius 1 is 1.00 bits per heavy atom. The molecule has 0 unspecified atom stereocenters. The topological polar surface area (TPSA) is 68.3 Å². The Labute approximate surface area is 112 Å². The Morgan fingerprint density at radius 3 is 1.95 bits per heavy atom. The van der Waals surface area contributed by atoms with Gasteiger partial charge in [-0.05, 0) is 17.5 Å². The molecule has 0 spiro atoms. The van der Waals surface area contributed by atoms with Gasteiger partial charge < -0.3 is 0 Å². The summed E-state index contributed by atoms with van der Waals surface area (Å²) in [6, 6.07) is 7.67. The first-order valence-corrected chi connectivity index (χ1v) is 7.63. The number of carbonyl (C=O) groups excluding carboxylic acids is 2. The number of hydrogen-bond donors (Lipinski definition) is 0. The third-order valence-electron chi connectivity index (χ3n) is 3.27. The van der Waals surface area contributed by atoms with Crippen molar-refractivity contribution in [1.29, 1.82) is 0 Å². The van der Waals surface area contributed by atoms with Gasteiger partial charge in [-0.15, -0.1) is 0 Å². The van der Waals surface area contributed by atoms with Gasteiger partial charge in [-0.25, -0.2) is 8.42 Å². The number of Topliss-reactive ketones (excluding diaryl/α,β-unsaturated/α-hetero) is 2. The van der Waals surface area contributed by atoms with E-state index < -0.39 is 32.1 Å². The summed E-state index contributed by atoms with van der Waals surface area (Å²) in [7, 11) is -3.91. The summed E-state index contributed by atoms with van der Waals surface area (Å²) in [6.45, 7) is 3.60. The van der Waals surface area contributed by atoms with E-state index in [0.29, 0.717) is 0 Å². The lowest BCUT2D eigenvalue weighted by Crippen LogP contribution is -2.46. The molecule has 2 rings (SSSR count). The van der Waals surface area contributed by atoms with Gasteiger partial charge in [0.25, 0.3) is 0 Å². The molecule has 0 bridgehead atoms. The molecule has 1 aromatic carbocycles. The predicted octanol–water partition coefficient (Wildman–Crippen LogP) is 1.79. The molecule has 0 aliphatic heterocycles. The molecule has 0 radical (unpaired) electrons. The van der Waals surface area contributed by atoms with Crippen LogP contribution in [0.15, 0.2) is 35.2 Å². The molecular weight excluding hydrogens is 264 g/mol. The van der Waals surface area contributed by atoms with Crippen LogP contribution in [0.1, 0.15) is 26.7 Å². The van der Waals surface area contributed by atoms with Crippen LogP contribution >= 0.6 is 0 Å². The molecule has 0 N–H and O–H groups in total. The molecule has 0 amide bonds. The maximum absolute atomic E-state index is 12.4. The lowest BCUT2D eigenvalue weighted by molar-refractivity contribution is -0.132. The number of ketones is 2. The minimum absolute atomic E-state index is 0.0291. The van der Waals surface area contributed by atoms with Crippen molar-refractivity contribution >= 4 is 21.4 Å². The SMILES string of the molecule is CC1(C)CC(=O)C(S(=O)(=O)c2ccccc2)C(=O)C1. The van der Waals surface area contributed by atoms with Crippen LogP contribution in [0.4, 0.5) is 0 Å². The Bertz CT molecular complexity index is 594. The summed E-state index contributed by atoms with van der Waals surface area (Å²) in [5.74, 6) is -0.991. The molecule has 1 aliphatic carbocycles. The number of sulfone groups is 1. The lowest BCUT2D eigenvalue weighted by atomic mass is 9.76. The average molecular weight is 280 g/mol. The third-order valence-corrected chi connectivity index (χ3v) is 5.35. The first-order valence-electron chi connectivity index (χ1n) is 6.08. The largest absolute Gasteiger partial charge is 0.298 e. The van der Waals surface area contributed by atoms with Crippen LogP contribution in [0, 0.1) is 5.41 Å². The van der Waals surface area contributed by atoms with E-state index >= 15 is 0 Å². The predicted molar refractivity (Wildman–Crippen MR) is 70.4 cm³/mol. The van der Waals surface area contributed by atoms with E-state index in [4.69, 9.17) is 0 Å². The summed E-state index contributed by atoms with van der Waals surface area (Å²) in [4.78, 5) is 24.1. The first kappa shape index (κ1) is 13.9. The second kappa shape index (κ2) is 4.56. The highest BCUT2D eigenvalue weighted by molar-refractivity contribution is 7.93. The highest BCUT2D eigenvalue weighted by Crippen LogP contribution is 2.35. The summed E-state index contributed by atoms with van der Waals surface area (Å²) >= 11 is 0. The molecule has 102 valence electrons. The lowest BCUT2D eigenvalue weighted by Gasteiger charge is -2.31. The maximum Gasteiger partial charge on any atom is 0.195 e. The molecule has 0 atom stereocenters. The van der Waals surface area contributed by atoms with E-state index in [1.165, 1.54) is 12.1 Å². The Kier molecular flexibility index (Phi) is 3.34. The fourth-order valence-corrected chi connectivity index (χ4v) is 4.13. The second-order valence-corrected chi connectivity index (χ2v) is 7.72. The molecule has 1 aliphatic rings. The molecule has 4 nitrogen and oxygen atoms in total. The molecule has 1 fully saturated rings. The maximum atomic E-state index is 12.4. The van der Waals surface area contributed by atoms with Gasteiger partial charge in [0, 0.05) is 12.8 Å². The van der Waals surface area contributed by atoms with Gasteiger partial charge >= 0.3 is 0 Å². The van der Waals surface area contributed by atoms with Crippen LogP contribution in [0.2, 0.25) is 0 Å². The van der Waals surface area contributed by atoms with Crippen LogP contribution in [-0.4, -0.2) is 25.2 Å². The fraction of sp³-hybridized carbons (Fsp3) is 0.429. The van der Waals surface area contributed by atoms with Gasteiger partial charge in [-0.2, -0.15) is 0 Å². The van der Waals surface area contributed by atoms with Crippen molar-refractivity contribution in [2.24, 2.45) is 5.41 Å². The number of benzene rings is 1. The summed E-state index contributed by atoms with van der Waals surface area (Å²) < 4.78 is 24.8. The van der Waals surface area contributed by atoms with Gasteiger partial charge in [0.2, 0.25) is 0 Å². The minimum atomic E-state index is -3.91. The monoisotopic (exact) mass is 280 g/mol. The van der Waals surface area contributed by atoms with E-state index in [2.05, 4.69) is 0 Å². The zero-order chi connectivity index (χ0) is 14.3. The summed E-state index contributed by atoms with van der Waals surface area (Å²) in [5.41, 5.74) is -0.448. The van der Waals surface area contributed by atoms with E-state index in [-0.39, 0.29) is 17.7 Å². The van der Waals surface area contributed by atoms with Gasteiger partial charge in [-0.3, -0.25) is 9.59 Å². The second-order valence-electron chi connectivity index (χ2n) is 5.69. The van der Waals surface area contributed by atoms with Crippen molar-refractivity contribution in [1.82, 2.24) is 0 Å². The molecule has 0 aromatic heterocycles. The van der Waals surface area contributed by atoms with Gasteiger partial charge in [0.05, 0.1) is 4.90 Å². The fourth-order valence-electron chi connectivity index (χ4n) is 2.46. The Balaban J connectivity index is 2.42. The summed E-state index contributed by atoms with van der Waals surface area (Å²) in [5, 5.41) is -1.53. The van der Waals surface area contributed by atoms with E-state index in [0.717, 1.165) is 0 Å². The van der Waals surface area contributed by atoms with Gasteiger partial charge in [-0.1, -0.05) is 32.0 Å². The number of carbonyl (C=O) groups is 2. The average Bonchev–Trinajstić information content (AvgIpc) is 2.26. The van der Waals surface area contributed by atoms with Crippen LogP contribution < -0.4 is 0 Å². The van der Waals surface area contributed by atoms with Crippen molar-refractivity contribution in [3.8, 4) is 0 Å². The van der Waals surface area contributed by atoms with Crippen molar-refractivity contribution in [3.05, 3.63) is 30.3 Å². The molecule has 19 heavy (non-hydrogen) atoms. The quantitative estimate of drug-likeness (QED) is 0.774. The first-order chi connectivity index (χ1) is 8.74. The Morgan fingerprint density at radius 2 is 1.47 bits per heavy atom. The highest BCUT2D eigenvalue weighted by Gasteiger charge is 2.46. The molecule has 1 saturated carbocycles. The standard InChI is InChI=1S/C14H16O4S/c1-14(2)8-11(15)13(12(16)9-14)19(17,18)10-6-4-3-5-7-10/h3-7,13H,8-9H2,1-2H3. The van der Waals surface area contributed by atoms with Crippen LogP contribution in [0.3, 0.4) is 0 Å².